The van der Waals surface area contributed by atoms with Gasteiger partial charge >= 0.3 is 0 Å². The normalized spacial score (nSPS) is 16.8. The molecule has 2 N–H and O–H groups in total. The molecule has 4 heteroatoms. The summed E-state index contributed by atoms with van der Waals surface area (Å²) in [6.07, 6.45) is 3.01. The van der Waals surface area contributed by atoms with Crippen LogP contribution in [0.1, 0.15) is 24.0 Å². The fourth-order valence-corrected chi connectivity index (χ4v) is 2.64. The lowest BCUT2D eigenvalue weighted by molar-refractivity contribution is 0.392. The smallest absolute Gasteiger partial charge is 0.136 e. The number of hydrogen-bond acceptors (Lipinski definition) is 3. The van der Waals surface area contributed by atoms with Crippen molar-refractivity contribution in [3.8, 4) is 11.5 Å². The van der Waals surface area contributed by atoms with Crippen molar-refractivity contribution in [1.29, 1.82) is 0 Å². The van der Waals surface area contributed by atoms with Crippen molar-refractivity contribution in [3.05, 3.63) is 21.7 Å². The molecule has 0 amide bonds. The van der Waals surface area contributed by atoms with E-state index in [0.29, 0.717) is 0 Å². The summed E-state index contributed by atoms with van der Waals surface area (Å²) < 4.78 is 11.8. The van der Waals surface area contributed by atoms with Crippen LogP contribution in [0.5, 0.6) is 11.5 Å². The molecule has 0 bridgehead atoms. The Bertz CT molecular complexity index is 442. The van der Waals surface area contributed by atoms with Gasteiger partial charge in [-0.05, 0) is 48.2 Å². The van der Waals surface area contributed by atoms with Crippen LogP contribution < -0.4 is 15.2 Å². The second-order valence-corrected chi connectivity index (χ2v) is 5.54. The second kappa shape index (κ2) is 4.50. The molecule has 17 heavy (non-hydrogen) atoms. The maximum absolute atomic E-state index is 6.17. The van der Waals surface area contributed by atoms with Crippen molar-refractivity contribution in [1.82, 2.24) is 0 Å². The zero-order valence-electron chi connectivity index (χ0n) is 10.5. The monoisotopic (exact) mass is 299 g/mol. The van der Waals surface area contributed by atoms with Gasteiger partial charge in [0.15, 0.2) is 0 Å². The molecule has 0 aliphatic heterocycles. The Morgan fingerprint density at radius 3 is 2.47 bits per heavy atom. The molecule has 0 heterocycles. The molecule has 2 rings (SSSR count). The number of hydrogen-bond donors (Lipinski definition) is 1. The fourth-order valence-electron chi connectivity index (χ4n) is 2.03. The van der Waals surface area contributed by atoms with Gasteiger partial charge in [-0.3, -0.25) is 0 Å². The van der Waals surface area contributed by atoms with Crippen molar-refractivity contribution >= 4 is 15.9 Å². The molecule has 1 aromatic carbocycles. The Hall–Kier alpha value is -0.740. The van der Waals surface area contributed by atoms with E-state index in [2.05, 4.69) is 15.9 Å². The summed E-state index contributed by atoms with van der Waals surface area (Å²) in [5.74, 6) is 1.75. The average Bonchev–Trinajstić information content (AvgIpc) is 3.02. The van der Waals surface area contributed by atoms with E-state index in [1.807, 2.05) is 13.0 Å². The Balaban J connectivity index is 2.44. The van der Waals surface area contributed by atoms with Crippen LogP contribution in [0.2, 0.25) is 0 Å². The molecule has 1 saturated carbocycles. The van der Waals surface area contributed by atoms with Gasteiger partial charge in [-0.15, -0.1) is 0 Å². The predicted octanol–water partition coefficient (Wildman–Crippen LogP) is 2.81. The molecule has 1 aliphatic rings. The number of benzene rings is 1. The van der Waals surface area contributed by atoms with Crippen LogP contribution in [0.25, 0.3) is 0 Å². The maximum atomic E-state index is 6.17. The summed E-state index contributed by atoms with van der Waals surface area (Å²) in [7, 11) is 3.37. The second-order valence-electron chi connectivity index (χ2n) is 4.75. The molecule has 1 fully saturated rings. The molecule has 3 nitrogen and oxygen atoms in total. The minimum absolute atomic E-state index is 0.0347. The van der Waals surface area contributed by atoms with Crippen LogP contribution in [0, 0.1) is 6.92 Å². The first-order valence-electron chi connectivity index (χ1n) is 5.69. The van der Waals surface area contributed by atoms with Crippen LogP contribution in [0.15, 0.2) is 10.5 Å². The van der Waals surface area contributed by atoms with Gasteiger partial charge in [-0.2, -0.15) is 0 Å². The van der Waals surface area contributed by atoms with Crippen molar-refractivity contribution in [2.24, 2.45) is 5.73 Å². The summed E-state index contributed by atoms with van der Waals surface area (Å²) in [4.78, 5) is 0. The van der Waals surface area contributed by atoms with Crippen LogP contribution >= 0.6 is 15.9 Å². The maximum Gasteiger partial charge on any atom is 0.136 e. The molecule has 1 aliphatic carbocycles. The van der Waals surface area contributed by atoms with E-state index in [9.17, 15) is 0 Å². The molecule has 0 aromatic heterocycles. The third-order valence-electron chi connectivity index (χ3n) is 3.35. The van der Waals surface area contributed by atoms with Gasteiger partial charge in [-0.25, -0.2) is 0 Å². The lowest BCUT2D eigenvalue weighted by Gasteiger charge is -2.18. The van der Waals surface area contributed by atoms with Gasteiger partial charge in [0, 0.05) is 16.7 Å². The minimum Gasteiger partial charge on any atom is -0.496 e. The van der Waals surface area contributed by atoms with Crippen LogP contribution in [0.3, 0.4) is 0 Å². The predicted molar refractivity (Wildman–Crippen MR) is 71.8 cm³/mol. The van der Waals surface area contributed by atoms with Crippen molar-refractivity contribution in [3.63, 3.8) is 0 Å². The van der Waals surface area contributed by atoms with Gasteiger partial charge in [-0.1, -0.05) is 0 Å². The first-order chi connectivity index (χ1) is 8.00. The highest BCUT2D eigenvalue weighted by Crippen LogP contribution is 2.43. The molecule has 0 atom stereocenters. The van der Waals surface area contributed by atoms with E-state index in [1.54, 1.807) is 14.2 Å². The lowest BCUT2D eigenvalue weighted by Crippen LogP contribution is -2.24. The number of ether oxygens (including phenoxy) is 2. The molecular formula is C13H18BrNO2. The van der Waals surface area contributed by atoms with Gasteiger partial charge in [0.25, 0.3) is 0 Å². The molecular weight excluding hydrogens is 282 g/mol. The largest absolute Gasteiger partial charge is 0.496 e. The molecule has 0 radical (unpaired) electrons. The Morgan fingerprint density at radius 2 is 2.00 bits per heavy atom. The minimum atomic E-state index is -0.0347. The van der Waals surface area contributed by atoms with E-state index in [1.165, 1.54) is 0 Å². The average molecular weight is 300 g/mol. The van der Waals surface area contributed by atoms with Crippen molar-refractivity contribution in [2.45, 2.75) is 31.7 Å². The van der Waals surface area contributed by atoms with E-state index in [0.717, 1.165) is 46.4 Å². The van der Waals surface area contributed by atoms with Crippen molar-refractivity contribution < 1.29 is 9.47 Å². The number of methoxy groups -OCH3 is 2. The summed E-state index contributed by atoms with van der Waals surface area (Å²) in [6.45, 7) is 2.00. The highest BCUT2D eigenvalue weighted by atomic mass is 79.9. The summed E-state index contributed by atoms with van der Waals surface area (Å²) >= 11 is 3.57. The molecule has 94 valence electrons. The third kappa shape index (κ3) is 2.43. The molecule has 0 saturated heterocycles. The van der Waals surface area contributed by atoms with Gasteiger partial charge in [0.05, 0.1) is 18.7 Å². The Labute approximate surface area is 110 Å². The zero-order chi connectivity index (χ0) is 12.6. The first kappa shape index (κ1) is 12.7. The van der Waals surface area contributed by atoms with Gasteiger partial charge in [0.1, 0.15) is 11.5 Å². The number of rotatable bonds is 4. The Kier molecular flexibility index (Phi) is 3.36. The fraction of sp³-hybridized carbons (Fsp3) is 0.538. The Morgan fingerprint density at radius 1 is 1.35 bits per heavy atom. The van der Waals surface area contributed by atoms with Gasteiger partial charge < -0.3 is 15.2 Å². The van der Waals surface area contributed by atoms with Crippen LogP contribution in [-0.2, 0) is 6.42 Å². The molecule has 1 aromatic rings. The molecule has 0 spiro atoms. The van der Waals surface area contributed by atoms with E-state index in [4.69, 9.17) is 15.2 Å². The topological polar surface area (TPSA) is 44.5 Å². The zero-order valence-corrected chi connectivity index (χ0v) is 12.1. The van der Waals surface area contributed by atoms with E-state index >= 15 is 0 Å². The standard InChI is InChI=1S/C13H18BrNO2/c1-8-10(16-2)6-9(7-13(15)4-5-13)12(17-3)11(8)14/h6H,4-5,7,15H2,1-3H3. The first-order valence-corrected chi connectivity index (χ1v) is 6.49. The highest BCUT2D eigenvalue weighted by molar-refractivity contribution is 9.10. The lowest BCUT2D eigenvalue weighted by atomic mass is 10.0. The quantitative estimate of drug-likeness (QED) is 0.930. The molecule has 0 unspecified atom stereocenters. The summed E-state index contributed by atoms with van der Waals surface area (Å²) in [5, 5.41) is 0. The highest BCUT2D eigenvalue weighted by Gasteiger charge is 2.39. The number of nitrogens with two attached hydrogens (primary N) is 1. The summed E-state index contributed by atoms with van der Waals surface area (Å²) in [5.41, 5.74) is 8.30. The third-order valence-corrected chi connectivity index (χ3v) is 4.31. The number of halogens is 1. The van der Waals surface area contributed by atoms with Crippen LogP contribution in [-0.4, -0.2) is 19.8 Å². The van der Waals surface area contributed by atoms with E-state index in [-0.39, 0.29) is 5.54 Å². The van der Waals surface area contributed by atoms with Crippen molar-refractivity contribution in [2.75, 3.05) is 14.2 Å². The van der Waals surface area contributed by atoms with Crippen LogP contribution in [0.4, 0.5) is 0 Å². The van der Waals surface area contributed by atoms with E-state index < -0.39 is 0 Å². The summed E-state index contributed by atoms with van der Waals surface area (Å²) in [6, 6.07) is 2.03. The SMILES string of the molecule is COc1cc(CC2(N)CC2)c(OC)c(Br)c1C. The van der Waals surface area contributed by atoms with Gasteiger partial charge in [0.2, 0.25) is 0 Å².